The molecule has 5 nitrogen and oxygen atoms in total. The standard InChI is InChI=1S/C43H70O5/c1-3-5-7-9-11-13-15-17-19-20-21-22-24-26-28-30-32-34-36-38-43(46)48-41(39-44)40-47-42(45)37-35-33-31-29-27-25-23-18-16-14-12-10-8-6-4-2/h6,8,11-14,17-19,21-23,26,28,41,44H,3-5,7,9-10,15-16,20,24-25,27,29-40H2,1-2H3. The van der Waals surface area contributed by atoms with Crippen LogP contribution in [0.25, 0.3) is 0 Å². The van der Waals surface area contributed by atoms with Crippen molar-refractivity contribution in [2.75, 3.05) is 13.2 Å². The molecular weight excluding hydrogens is 596 g/mol. The predicted octanol–water partition coefficient (Wildman–Crippen LogP) is 11.9. The van der Waals surface area contributed by atoms with Crippen molar-refractivity contribution in [1.82, 2.24) is 0 Å². The van der Waals surface area contributed by atoms with Crippen LogP contribution in [0.15, 0.2) is 85.1 Å². The summed E-state index contributed by atoms with van der Waals surface area (Å²) in [6, 6.07) is 0. The second-order valence-electron chi connectivity index (χ2n) is 12.3. The highest BCUT2D eigenvalue weighted by Crippen LogP contribution is 2.10. The Bertz CT molecular complexity index is 937. The molecule has 0 amide bonds. The lowest BCUT2D eigenvalue weighted by Gasteiger charge is -2.15. The smallest absolute Gasteiger partial charge is 0.306 e. The first-order chi connectivity index (χ1) is 23.6. The minimum Gasteiger partial charge on any atom is -0.462 e. The van der Waals surface area contributed by atoms with Gasteiger partial charge in [-0.05, 0) is 89.9 Å². The molecule has 0 rings (SSSR count). The van der Waals surface area contributed by atoms with E-state index in [1.165, 1.54) is 32.1 Å². The van der Waals surface area contributed by atoms with Gasteiger partial charge in [-0.1, -0.05) is 137 Å². The minimum atomic E-state index is -0.800. The maximum absolute atomic E-state index is 12.2. The minimum absolute atomic E-state index is 0.0932. The molecule has 0 radical (unpaired) electrons. The molecule has 0 aliphatic carbocycles. The van der Waals surface area contributed by atoms with Crippen LogP contribution in [-0.4, -0.2) is 36.4 Å². The number of hydrogen-bond donors (Lipinski definition) is 1. The van der Waals surface area contributed by atoms with Crippen molar-refractivity contribution in [2.24, 2.45) is 0 Å². The van der Waals surface area contributed by atoms with Gasteiger partial charge in [-0.2, -0.15) is 0 Å². The average molecular weight is 667 g/mol. The Labute approximate surface area is 295 Å². The SMILES string of the molecule is CCC=CCC=CCC=CCCCCCCCC(=O)OCC(CO)OC(=O)CCCCCC=CCC=CCC=CCC=CCCCCC. The number of aliphatic hydroxyl groups excluding tert-OH is 1. The molecular formula is C43H70O5. The van der Waals surface area contributed by atoms with Crippen molar-refractivity contribution in [2.45, 2.75) is 161 Å². The van der Waals surface area contributed by atoms with Gasteiger partial charge in [-0.15, -0.1) is 0 Å². The molecule has 0 aliphatic rings. The van der Waals surface area contributed by atoms with Crippen LogP contribution < -0.4 is 0 Å². The maximum atomic E-state index is 12.2. The van der Waals surface area contributed by atoms with Crippen molar-refractivity contribution < 1.29 is 24.2 Å². The molecule has 0 saturated heterocycles. The van der Waals surface area contributed by atoms with Crippen molar-refractivity contribution in [1.29, 1.82) is 0 Å². The Hall–Kier alpha value is -2.92. The van der Waals surface area contributed by atoms with Crippen LogP contribution >= 0.6 is 0 Å². The molecule has 0 spiro atoms. The molecule has 0 saturated carbocycles. The first kappa shape index (κ1) is 45.1. The zero-order valence-electron chi connectivity index (χ0n) is 30.7. The third-order valence-corrected chi connectivity index (χ3v) is 7.67. The van der Waals surface area contributed by atoms with E-state index in [9.17, 15) is 14.7 Å². The van der Waals surface area contributed by atoms with Gasteiger partial charge in [0.2, 0.25) is 0 Å². The van der Waals surface area contributed by atoms with Crippen LogP contribution in [-0.2, 0) is 19.1 Å². The molecule has 0 aliphatic heterocycles. The zero-order valence-corrected chi connectivity index (χ0v) is 30.7. The van der Waals surface area contributed by atoms with Crippen molar-refractivity contribution >= 4 is 11.9 Å². The summed E-state index contributed by atoms with van der Waals surface area (Å²) in [7, 11) is 0. The van der Waals surface area contributed by atoms with Crippen LogP contribution in [0, 0.1) is 0 Å². The van der Waals surface area contributed by atoms with Crippen molar-refractivity contribution in [3.05, 3.63) is 85.1 Å². The number of aliphatic hydroxyl groups is 1. The fraction of sp³-hybridized carbons (Fsp3) is 0.628. The van der Waals surface area contributed by atoms with Gasteiger partial charge in [0, 0.05) is 12.8 Å². The highest BCUT2D eigenvalue weighted by molar-refractivity contribution is 5.70. The third-order valence-electron chi connectivity index (χ3n) is 7.67. The van der Waals surface area contributed by atoms with Gasteiger partial charge < -0.3 is 14.6 Å². The molecule has 1 atom stereocenters. The lowest BCUT2D eigenvalue weighted by molar-refractivity contribution is -0.161. The Balaban J connectivity index is 3.70. The zero-order chi connectivity index (χ0) is 35.0. The predicted molar refractivity (Wildman–Crippen MR) is 205 cm³/mol. The maximum Gasteiger partial charge on any atom is 0.306 e. The molecule has 0 aromatic carbocycles. The molecule has 272 valence electrons. The molecule has 0 fully saturated rings. The van der Waals surface area contributed by atoms with Crippen LogP contribution in [0.1, 0.15) is 155 Å². The van der Waals surface area contributed by atoms with Gasteiger partial charge in [0.1, 0.15) is 6.61 Å². The first-order valence-corrected chi connectivity index (χ1v) is 19.1. The molecule has 0 heterocycles. The number of ether oxygens (including phenoxy) is 2. The highest BCUT2D eigenvalue weighted by atomic mass is 16.6. The van der Waals surface area contributed by atoms with Crippen LogP contribution in [0.5, 0.6) is 0 Å². The van der Waals surface area contributed by atoms with Crippen LogP contribution in [0.4, 0.5) is 0 Å². The van der Waals surface area contributed by atoms with E-state index in [0.717, 1.165) is 96.3 Å². The fourth-order valence-electron chi connectivity index (χ4n) is 4.78. The van der Waals surface area contributed by atoms with Crippen molar-refractivity contribution in [3.63, 3.8) is 0 Å². The van der Waals surface area contributed by atoms with Gasteiger partial charge in [-0.25, -0.2) is 0 Å². The Morgan fingerprint density at radius 2 is 0.896 bits per heavy atom. The van der Waals surface area contributed by atoms with Crippen LogP contribution in [0.3, 0.4) is 0 Å². The number of allylic oxidation sites excluding steroid dienone is 14. The number of carbonyl (C=O) groups excluding carboxylic acids is 2. The second-order valence-corrected chi connectivity index (χ2v) is 12.3. The summed E-state index contributed by atoms with van der Waals surface area (Å²) in [6.07, 6.45) is 52.1. The van der Waals surface area contributed by atoms with Crippen LogP contribution in [0.2, 0.25) is 0 Å². The number of hydrogen-bond acceptors (Lipinski definition) is 5. The van der Waals surface area contributed by atoms with Gasteiger partial charge >= 0.3 is 11.9 Å². The lowest BCUT2D eigenvalue weighted by atomic mass is 10.1. The quantitative estimate of drug-likeness (QED) is 0.0429. The van der Waals surface area contributed by atoms with E-state index in [0.29, 0.717) is 12.8 Å². The van der Waals surface area contributed by atoms with Gasteiger partial charge in [0.25, 0.3) is 0 Å². The molecule has 1 unspecified atom stereocenters. The summed E-state index contributed by atoms with van der Waals surface area (Å²) >= 11 is 0. The number of esters is 2. The summed E-state index contributed by atoms with van der Waals surface area (Å²) in [5.41, 5.74) is 0. The summed E-state index contributed by atoms with van der Waals surface area (Å²) in [5.74, 6) is -0.656. The third kappa shape index (κ3) is 35.9. The second kappa shape index (κ2) is 38.5. The molecule has 5 heteroatoms. The normalized spacial score (nSPS) is 13.1. The van der Waals surface area contributed by atoms with Gasteiger partial charge in [-0.3, -0.25) is 9.59 Å². The summed E-state index contributed by atoms with van der Waals surface area (Å²) < 4.78 is 10.6. The Morgan fingerprint density at radius 1 is 0.500 bits per heavy atom. The summed E-state index contributed by atoms with van der Waals surface area (Å²) in [4.78, 5) is 24.2. The van der Waals surface area contributed by atoms with E-state index < -0.39 is 6.10 Å². The van der Waals surface area contributed by atoms with Crippen molar-refractivity contribution in [3.8, 4) is 0 Å². The Kier molecular flexibility index (Phi) is 36.2. The molecule has 0 aromatic heterocycles. The van der Waals surface area contributed by atoms with Gasteiger partial charge in [0.15, 0.2) is 6.10 Å². The first-order valence-electron chi connectivity index (χ1n) is 19.1. The summed E-state index contributed by atoms with van der Waals surface area (Å²) in [6.45, 7) is 3.93. The number of unbranched alkanes of at least 4 members (excludes halogenated alkanes) is 11. The molecule has 0 aromatic rings. The number of rotatable bonds is 33. The van der Waals surface area contributed by atoms with E-state index >= 15 is 0 Å². The van der Waals surface area contributed by atoms with E-state index in [4.69, 9.17) is 9.47 Å². The number of carbonyl (C=O) groups is 2. The van der Waals surface area contributed by atoms with Gasteiger partial charge in [0.05, 0.1) is 6.61 Å². The monoisotopic (exact) mass is 667 g/mol. The highest BCUT2D eigenvalue weighted by Gasteiger charge is 2.16. The summed E-state index contributed by atoms with van der Waals surface area (Å²) in [5, 5.41) is 9.54. The molecule has 1 N–H and O–H groups in total. The fourth-order valence-corrected chi connectivity index (χ4v) is 4.78. The van der Waals surface area contributed by atoms with E-state index in [1.807, 2.05) is 0 Å². The largest absolute Gasteiger partial charge is 0.462 e. The Morgan fingerprint density at radius 3 is 1.38 bits per heavy atom. The van der Waals surface area contributed by atoms with E-state index in [-0.39, 0.29) is 25.2 Å². The lowest BCUT2D eigenvalue weighted by Crippen LogP contribution is -2.28. The average Bonchev–Trinajstić information content (AvgIpc) is 3.09. The van der Waals surface area contributed by atoms with E-state index in [2.05, 4.69) is 98.9 Å². The topological polar surface area (TPSA) is 72.8 Å². The molecule has 0 bridgehead atoms. The van der Waals surface area contributed by atoms with E-state index in [1.54, 1.807) is 0 Å². The molecule has 48 heavy (non-hydrogen) atoms.